The average Bonchev–Trinajstić information content (AvgIpc) is 2.67. The van der Waals surface area contributed by atoms with Crippen molar-refractivity contribution in [3.8, 4) is 0 Å². The minimum atomic E-state index is -0.721. The van der Waals surface area contributed by atoms with Gasteiger partial charge in [-0.05, 0) is 38.2 Å². The molecule has 2 aromatic rings. The molecule has 0 aromatic carbocycles. The van der Waals surface area contributed by atoms with Crippen LogP contribution in [-0.2, 0) is 6.61 Å². The molecular formula is C19H25ClFN5OS. The third-order valence-corrected chi connectivity index (χ3v) is 7.16. The Morgan fingerprint density at radius 2 is 2.07 bits per heavy atom. The van der Waals surface area contributed by atoms with Crippen molar-refractivity contribution in [2.75, 3.05) is 18.0 Å². The maximum Gasteiger partial charge on any atom is 0.232 e. The van der Waals surface area contributed by atoms with E-state index in [1.165, 1.54) is 18.0 Å². The summed E-state index contributed by atoms with van der Waals surface area (Å²) in [6.07, 6.45) is 3.27. The van der Waals surface area contributed by atoms with Crippen LogP contribution in [0.15, 0.2) is 22.2 Å². The fourth-order valence-corrected chi connectivity index (χ4v) is 4.34. The van der Waals surface area contributed by atoms with Crippen molar-refractivity contribution in [1.29, 1.82) is 0 Å². The molecule has 1 aliphatic heterocycles. The Labute approximate surface area is 173 Å². The van der Waals surface area contributed by atoms with Crippen LogP contribution < -0.4 is 10.6 Å². The zero-order chi connectivity index (χ0) is 20.5. The summed E-state index contributed by atoms with van der Waals surface area (Å²) in [7, 11) is 0. The number of pyridine rings is 1. The summed E-state index contributed by atoms with van der Waals surface area (Å²) < 4.78 is 13.6. The van der Waals surface area contributed by atoms with E-state index in [-0.39, 0.29) is 23.1 Å². The smallest absolute Gasteiger partial charge is 0.232 e. The molecule has 28 heavy (non-hydrogen) atoms. The van der Waals surface area contributed by atoms with E-state index >= 15 is 0 Å². The molecule has 3 heterocycles. The topological polar surface area (TPSA) is 88.2 Å². The van der Waals surface area contributed by atoms with Crippen molar-refractivity contribution in [3.05, 3.63) is 34.6 Å². The highest BCUT2D eigenvalue weighted by Gasteiger charge is 2.34. The first-order valence-corrected chi connectivity index (χ1v) is 10.4. The number of halogens is 2. The summed E-state index contributed by atoms with van der Waals surface area (Å²) in [5, 5.41) is 10.4. The predicted octanol–water partition coefficient (Wildman–Crippen LogP) is 3.57. The van der Waals surface area contributed by atoms with Crippen molar-refractivity contribution >= 4 is 29.2 Å². The summed E-state index contributed by atoms with van der Waals surface area (Å²) in [4.78, 5) is 15.5. The van der Waals surface area contributed by atoms with E-state index < -0.39 is 5.95 Å². The van der Waals surface area contributed by atoms with Gasteiger partial charge in [0.2, 0.25) is 5.95 Å². The van der Waals surface area contributed by atoms with E-state index in [0.29, 0.717) is 27.1 Å². The van der Waals surface area contributed by atoms with E-state index in [9.17, 15) is 9.50 Å². The molecule has 1 aliphatic rings. The van der Waals surface area contributed by atoms with Gasteiger partial charge in [-0.25, -0.2) is 15.0 Å². The molecular weight excluding hydrogens is 401 g/mol. The van der Waals surface area contributed by atoms with E-state index in [2.05, 4.69) is 28.7 Å². The Morgan fingerprint density at radius 1 is 1.39 bits per heavy atom. The summed E-state index contributed by atoms with van der Waals surface area (Å²) in [5.41, 5.74) is 7.46. The monoisotopic (exact) mass is 425 g/mol. The minimum absolute atomic E-state index is 0.0467. The number of nitrogens with two attached hydrogens (primary N) is 1. The molecule has 0 radical (unpaired) electrons. The van der Waals surface area contributed by atoms with Crippen LogP contribution in [0.3, 0.4) is 0 Å². The van der Waals surface area contributed by atoms with E-state index in [1.807, 2.05) is 6.92 Å². The van der Waals surface area contributed by atoms with E-state index in [4.69, 9.17) is 22.3 Å². The van der Waals surface area contributed by atoms with Gasteiger partial charge in [0, 0.05) is 30.2 Å². The molecule has 3 rings (SSSR count). The first kappa shape index (κ1) is 21.2. The summed E-state index contributed by atoms with van der Waals surface area (Å²) in [6, 6.07) is 1.76. The second-order valence-electron chi connectivity index (χ2n) is 7.49. The zero-order valence-corrected chi connectivity index (χ0v) is 17.8. The van der Waals surface area contributed by atoms with Crippen molar-refractivity contribution in [3.63, 3.8) is 0 Å². The van der Waals surface area contributed by atoms with Gasteiger partial charge in [0.1, 0.15) is 15.7 Å². The Bertz CT molecular complexity index is 858. The molecule has 1 unspecified atom stereocenters. The molecule has 3 N–H and O–H groups in total. The predicted molar refractivity (Wildman–Crippen MR) is 109 cm³/mol. The van der Waals surface area contributed by atoms with E-state index in [0.717, 1.165) is 25.9 Å². The summed E-state index contributed by atoms with van der Waals surface area (Å²) in [6.45, 7) is 7.52. The minimum Gasteiger partial charge on any atom is -0.390 e. The van der Waals surface area contributed by atoms with Crippen LogP contribution in [0, 0.1) is 18.3 Å². The highest BCUT2D eigenvalue weighted by Crippen LogP contribution is 2.38. The number of hydrogen-bond donors (Lipinski definition) is 2. The number of aliphatic hydroxyl groups excluding tert-OH is 1. The number of rotatable bonds is 5. The summed E-state index contributed by atoms with van der Waals surface area (Å²) in [5.74, 6) is -0.0233. The number of aliphatic hydroxyl groups is 1. The van der Waals surface area contributed by atoms with Crippen LogP contribution in [0.5, 0.6) is 0 Å². The maximum absolute atomic E-state index is 13.6. The third kappa shape index (κ3) is 4.25. The number of aromatic nitrogens is 3. The molecule has 2 aromatic heterocycles. The third-order valence-electron chi connectivity index (χ3n) is 5.55. The number of aryl methyl sites for hydroxylation is 1. The fourth-order valence-electron chi connectivity index (χ4n) is 3.25. The van der Waals surface area contributed by atoms with Gasteiger partial charge in [-0.3, -0.25) is 0 Å². The van der Waals surface area contributed by atoms with Gasteiger partial charge in [0.15, 0.2) is 5.82 Å². The van der Waals surface area contributed by atoms with E-state index in [1.54, 1.807) is 6.07 Å². The lowest BCUT2D eigenvalue weighted by atomic mass is 9.75. The van der Waals surface area contributed by atoms with Crippen LogP contribution in [0.4, 0.5) is 10.2 Å². The molecule has 1 fully saturated rings. The van der Waals surface area contributed by atoms with Crippen LogP contribution in [0.2, 0.25) is 5.02 Å². The maximum atomic E-state index is 13.6. The van der Waals surface area contributed by atoms with Crippen molar-refractivity contribution < 1.29 is 9.50 Å². The molecule has 152 valence electrons. The van der Waals surface area contributed by atoms with Crippen LogP contribution in [0.1, 0.15) is 38.1 Å². The lowest BCUT2D eigenvalue weighted by molar-refractivity contribution is 0.204. The molecule has 0 aliphatic carbocycles. The van der Waals surface area contributed by atoms with Crippen LogP contribution in [-0.4, -0.2) is 39.2 Å². The molecule has 6 nitrogen and oxygen atoms in total. The highest BCUT2D eigenvalue weighted by atomic mass is 35.5. The fraction of sp³-hybridized carbons (Fsp3) is 0.526. The van der Waals surface area contributed by atoms with Crippen LogP contribution >= 0.6 is 23.4 Å². The second-order valence-corrected chi connectivity index (χ2v) is 8.90. The van der Waals surface area contributed by atoms with Gasteiger partial charge < -0.3 is 15.7 Å². The molecule has 9 heteroatoms. The van der Waals surface area contributed by atoms with Gasteiger partial charge >= 0.3 is 0 Å². The van der Waals surface area contributed by atoms with Crippen molar-refractivity contribution in [1.82, 2.24) is 15.0 Å². The second kappa shape index (κ2) is 8.49. The highest BCUT2D eigenvalue weighted by molar-refractivity contribution is 7.99. The van der Waals surface area contributed by atoms with Gasteiger partial charge in [-0.2, -0.15) is 4.39 Å². The first-order chi connectivity index (χ1) is 13.2. The van der Waals surface area contributed by atoms with Crippen molar-refractivity contribution in [2.24, 2.45) is 11.1 Å². The number of anilines is 1. The number of hydrogen-bond acceptors (Lipinski definition) is 7. The number of nitrogens with zero attached hydrogens (tertiary/aromatic N) is 4. The molecule has 0 amide bonds. The summed E-state index contributed by atoms with van der Waals surface area (Å²) >= 11 is 7.21. The van der Waals surface area contributed by atoms with Crippen LogP contribution in [0.25, 0.3) is 0 Å². The Kier molecular flexibility index (Phi) is 6.44. The average molecular weight is 426 g/mol. The van der Waals surface area contributed by atoms with Gasteiger partial charge in [-0.1, -0.05) is 30.3 Å². The SMILES string of the molecule is Cc1nc(N2CCC(C)(C(C)N)CC2)c(CO)nc1Sc1ccnc(F)c1Cl. The number of piperidine rings is 1. The Hall–Kier alpha value is -1.48. The Balaban J connectivity index is 1.85. The lowest BCUT2D eigenvalue weighted by Crippen LogP contribution is -2.47. The quantitative estimate of drug-likeness (QED) is 0.708. The zero-order valence-electron chi connectivity index (χ0n) is 16.2. The normalized spacial score (nSPS) is 17.6. The lowest BCUT2D eigenvalue weighted by Gasteiger charge is -2.42. The Morgan fingerprint density at radius 3 is 2.68 bits per heavy atom. The van der Waals surface area contributed by atoms with Crippen molar-refractivity contribution in [2.45, 2.75) is 56.2 Å². The van der Waals surface area contributed by atoms with Gasteiger partial charge in [0.25, 0.3) is 0 Å². The molecule has 1 saturated heterocycles. The standard InChI is InChI=1S/C19H25ClFN5OS/c1-11-18(28-14-4-7-23-16(21)15(14)20)25-13(10-27)17(24-11)26-8-5-19(3,6-9-26)12(2)22/h4,7,12,27H,5-6,8-10,22H2,1-3H3. The largest absolute Gasteiger partial charge is 0.390 e. The van der Waals surface area contributed by atoms with Gasteiger partial charge in [-0.15, -0.1) is 0 Å². The molecule has 0 spiro atoms. The molecule has 0 bridgehead atoms. The molecule has 1 atom stereocenters. The van der Waals surface area contributed by atoms with Gasteiger partial charge in [0.05, 0.1) is 12.3 Å². The molecule has 0 saturated carbocycles. The first-order valence-electron chi connectivity index (χ1n) is 9.22.